The van der Waals surface area contributed by atoms with Crippen molar-refractivity contribution in [1.82, 2.24) is 4.90 Å². The fourth-order valence-electron chi connectivity index (χ4n) is 4.50. The molecule has 1 atom stereocenters. The quantitative estimate of drug-likeness (QED) is 0.448. The maximum atomic E-state index is 15.2. The molecule has 4 rings (SSSR count). The van der Waals surface area contributed by atoms with E-state index in [1.807, 2.05) is 24.0 Å². The molecule has 32 heavy (non-hydrogen) atoms. The third-order valence-corrected chi connectivity index (χ3v) is 6.60. The molecule has 0 spiro atoms. The van der Waals surface area contributed by atoms with E-state index in [-0.39, 0.29) is 43.8 Å². The van der Waals surface area contributed by atoms with Gasteiger partial charge in [0.2, 0.25) is 0 Å². The lowest BCUT2D eigenvalue weighted by molar-refractivity contribution is -0.107. The SMILES string of the molecule is CCC(c1cc(Cl)cc(Cl)c1)N1CC(F)(COCc2cc(F)c(C(=O)O)cc2C2CC2)C1. The molecule has 4 nitrogen and oxygen atoms in total. The number of carbonyl (C=O) groups is 1. The van der Waals surface area contributed by atoms with Gasteiger partial charge in [-0.05, 0) is 72.2 Å². The zero-order valence-corrected chi connectivity index (χ0v) is 19.2. The molecule has 1 saturated heterocycles. The molecule has 1 unspecified atom stereocenters. The number of halogens is 4. The Labute approximate surface area is 196 Å². The average molecular weight is 484 g/mol. The molecule has 2 aromatic rings. The average Bonchev–Trinajstić information content (AvgIpc) is 3.51. The Morgan fingerprint density at radius 3 is 2.44 bits per heavy atom. The van der Waals surface area contributed by atoms with Crippen LogP contribution in [-0.2, 0) is 11.3 Å². The number of hydrogen-bond acceptors (Lipinski definition) is 3. The summed E-state index contributed by atoms with van der Waals surface area (Å²) >= 11 is 12.2. The smallest absolute Gasteiger partial charge is 0.338 e. The highest BCUT2D eigenvalue weighted by atomic mass is 35.5. The van der Waals surface area contributed by atoms with Crippen LogP contribution in [0.25, 0.3) is 0 Å². The number of hydrogen-bond donors (Lipinski definition) is 1. The van der Waals surface area contributed by atoms with Crippen molar-refractivity contribution >= 4 is 29.2 Å². The summed E-state index contributed by atoms with van der Waals surface area (Å²) in [5.41, 5.74) is 0.510. The lowest BCUT2D eigenvalue weighted by Gasteiger charge is -2.48. The maximum Gasteiger partial charge on any atom is 0.338 e. The third kappa shape index (κ3) is 5.09. The van der Waals surface area contributed by atoms with Crippen LogP contribution < -0.4 is 0 Å². The molecule has 2 aromatic carbocycles. The molecule has 0 radical (unpaired) electrons. The molecular weight excluding hydrogens is 459 g/mol. The largest absolute Gasteiger partial charge is 0.478 e. The maximum absolute atomic E-state index is 15.2. The van der Waals surface area contributed by atoms with E-state index in [4.69, 9.17) is 33.0 Å². The predicted molar refractivity (Wildman–Crippen MR) is 120 cm³/mol. The van der Waals surface area contributed by atoms with E-state index in [0.717, 1.165) is 30.4 Å². The molecule has 2 aliphatic rings. The van der Waals surface area contributed by atoms with E-state index < -0.39 is 17.5 Å². The molecule has 8 heteroatoms. The van der Waals surface area contributed by atoms with Gasteiger partial charge in [-0.3, -0.25) is 4.90 Å². The van der Waals surface area contributed by atoms with E-state index >= 15 is 4.39 Å². The first-order valence-electron chi connectivity index (χ1n) is 10.7. The highest BCUT2D eigenvalue weighted by Crippen LogP contribution is 2.43. The van der Waals surface area contributed by atoms with Crippen molar-refractivity contribution in [3.63, 3.8) is 0 Å². The molecule has 1 aliphatic heterocycles. The van der Waals surface area contributed by atoms with Gasteiger partial charge in [-0.1, -0.05) is 30.1 Å². The number of alkyl halides is 1. The lowest BCUT2D eigenvalue weighted by atomic mass is 9.91. The summed E-state index contributed by atoms with van der Waals surface area (Å²) in [6, 6.07) is 7.99. The van der Waals surface area contributed by atoms with Gasteiger partial charge in [0.15, 0.2) is 5.67 Å². The Kier molecular flexibility index (Phi) is 6.78. The second kappa shape index (κ2) is 9.26. The van der Waals surface area contributed by atoms with Gasteiger partial charge in [-0.15, -0.1) is 0 Å². The van der Waals surface area contributed by atoms with Gasteiger partial charge in [0.25, 0.3) is 0 Å². The van der Waals surface area contributed by atoms with Gasteiger partial charge in [0.05, 0.1) is 18.8 Å². The normalized spacial score (nSPS) is 18.9. The van der Waals surface area contributed by atoms with Crippen LogP contribution in [0.3, 0.4) is 0 Å². The summed E-state index contributed by atoms with van der Waals surface area (Å²) in [7, 11) is 0. The zero-order chi connectivity index (χ0) is 23.0. The van der Waals surface area contributed by atoms with Crippen LogP contribution in [0.4, 0.5) is 8.78 Å². The first-order valence-corrected chi connectivity index (χ1v) is 11.5. The van der Waals surface area contributed by atoms with Crippen LogP contribution >= 0.6 is 23.2 Å². The first-order chi connectivity index (χ1) is 15.2. The second-order valence-electron chi connectivity index (χ2n) is 8.79. The fourth-order valence-corrected chi connectivity index (χ4v) is 5.05. The van der Waals surface area contributed by atoms with E-state index in [2.05, 4.69) is 0 Å². The van der Waals surface area contributed by atoms with Gasteiger partial charge in [-0.25, -0.2) is 13.6 Å². The highest BCUT2D eigenvalue weighted by Gasteiger charge is 2.46. The van der Waals surface area contributed by atoms with Crippen LogP contribution in [0.5, 0.6) is 0 Å². The Morgan fingerprint density at radius 2 is 1.88 bits per heavy atom. The number of aromatic carboxylic acids is 1. The van der Waals surface area contributed by atoms with Gasteiger partial charge < -0.3 is 9.84 Å². The minimum Gasteiger partial charge on any atom is -0.478 e. The highest BCUT2D eigenvalue weighted by molar-refractivity contribution is 6.34. The summed E-state index contributed by atoms with van der Waals surface area (Å²) in [5, 5.41) is 10.3. The van der Waals surface area contributed by atoms with E-state index in [9.17, 15) is 9.18 Å². The molecule has 1 saturated carbocycles. The molecule has 0 amide bonds. The van der Waals surface area contributed by atoms with Crippen LogP contribution in [0.15, 0.2) is 30.3 Å². The van der Waals surface area contributed by atoms with Gasteiger partial charge in [-0.2, -0.15) is 0 Å². The molecule has 1 aliphatic carbocycles. The Morgan fingerprint density at radius 1 is 1.22 bits per heavy atom. The zero-order valence-electron chi connectivity index (χ0n) is 17.7. The number of carboxylic acids is 1. The third-order valence-electron chi connectivity index (χ3n) is 6.16. The van der Waals surface area contributed by atoms with Crippen molar-refractivity contribution in [1.29, 1.82) is 0 Å². The van der Waals surface area contributed by atoms with Crippen molar-refractivity contribution in [3.05, 3.63) is 68.4 Å². The Bertz CT molecular complexity index is 1000. The number of benzene rings is 2. The number of nitrogens with zero attached hydrogens (tertiary/aromatic N) is 1. The molecule has 1 heterocycles. The van der Waals surface area contributed by atoms with Crippen LogP contribution in [0.2, 0.25) is 10.0 Å². The minimum atomic E-state index is -1.49. The predicted octanol–water partition coefficient (Wildman–Crippen LogP) is 6.40. The second-order valence-corrected chi connectivity index (χ2v) is 9.66. The monoisotopic (exact) mass is 483 g/mol. The van der Waals surface area contributed by atoms with Crippen molar-refractivity contribution in [2.24, 2.45) is 0 Å². The van der Waals surface area contributed by atoms with Gasteiger partial charge >= 0.3 is 5.97 Å². The molecule has 0 aromatic heterocycles. The number of rotatable bonds is 9. The molecule has 1 N–H and O–H groups in total. The molecule has 0 bridgehead atoms. The van der Waals surface area contributed by atoms with E-state index in [1.165, 1.54) is 12.1 Å². The van der Waals surface area contributed by atoms with Crippen molar-refractivity contribution in [3.8, 4) is 0 Å². The first kappa shape index (κ1) is 23.4. The van der Waals surface area contributed by atoms with Crippen LogP contribution in [-0.4, -0.2) is 41.3 Å². The summed E-state index contributed by atoms with van der Waals surface area (Å²) in [4.78, 5) is 13.3. The standard InChI is InChI=1S/C24H25Cl2F2NO3/c1-2-22(15-5-17(25)8-18(26)6-15)29-11-24(28,12-29)13-32-10-16-7-21(27)20(23(30)31)9-19(16)14-3-4-14/h5-9,14,22H,2-4,10-13H2,1H3,(H,30,31). The van der Waals surface area contributed by atoms with Gasteiger partial charge in [0.1, 0.15) is 5.82 Å². The lowest BCUT2D eigenvalue weighted by Crippen LogP contribution is -2.62. The van der Waals surface area contributed by atoms with Crippen molar-refractivity contribution < 1.29 is 23.4 Å². The Balaban J connectivity index is 1.36. The van der Waals surface area contributed by atoms with Crippen molar-refractivity contribution in [2.45, 2.75) is 50.4 Å². The summed E-state index contributed by atoms with van der Waals surface area (Å²) in [5.74, 6) is -1.86. The van der Waals surface area contributed by atoms with E-state index in [0.29, 0.717) is 15.6 Å². The van der Waals surface area contributed by atoms with Crippen LogP contribution in [0.1, 0.15) is 65.2 Å². The molecule has 2 fully saturated rings. The number of ether oxygens (including phenoxy) is 1. The van der Waals surface area contributed by atoms with E-state index in [1.54, 1.807) is 6.07 Å². The fraction of sp³-hybridized carbons (Fsp3) is 0.458. The molecular formula is C24H25Cl2F2NO3. The van der Waals surface area contributed by atoms with Crippen LogP contribution in [0, 0.1) is 5.82 Å². The summed E-state index contributed by atoms with van der Waals surface area (Å²) in [6.45, 7) is 2.41. The number of likely N-dealkylation sites (tertiary alicyclic amines) is 1. The summed E-state index contributed by atoms with van der Waals surface area (Å²) < 4.78 is 35.0. The minimum absolute atomic E-state index is 0.00852. The number of carboxylic acid groups (broad SMARTS) is 1. The molecule has 172 valence electrons. The summed E-state index contributed by atoms with van der Waals surface area (Å²) in [6.07, 6.45) is 2.66. The van der Waals surface area contributed by atoms with Gasteiger partial charge in [0, 0.05) is 29.2 Å². The Hall–Kier alpha value is -1.73. The van der Waals surface area contributed by atoms with Crippen molar-refractivity contribution in [2.75, 3.05) is 19.7 Å². The topological polar surface area (TPSA) is 49.8 Å².